The number of carbonyl (C=O) groups excluding carboxylic acids is 5. The molecule has 6 rings (SSSR count). The van der Waals surface area contributed by atoms with Crippen LogP contribution in [0.4, 0.5) is 5.69 Å². The molecule has 38 heavy (non-hydrogen) atoms. The third kappa shape index (κ3) is 3.81. The van der Waals surface area contributed by atoms with Gasteiger partial charge in [-0.25, -0.2) is 4.90 Å². The summed E-state index contributed by atoms with van der Waals surface area (Å²) in [6.45, 7) is 2.04. The maximum atomic E-state index is 13.3. The van der Waals surface area contributed by atoms with Crippen LogP contribution in [0.15, 0.2) is 84.9 Å². The van der Waals surface area contributed by atoms with Gasteiger partial charge >= 0.3 is 0 Å². The highest BCUT2D eigenvalue weighted by atomic mass is 16.2. The Kier molecular flexibility index (Phi) is 5.35. The second kappa shape index (κ2) is 8.74. The van der Waals surface area contributed by atoms with Gasteiger partial charge in [0.1, 0.15) is 0 Å². The molecule has 0 aromatic heterocycles. The average molecular weight is 501 g/mol. The number of carbonyl (C=O) groups is 5. The molecule has 0 spiro atoms. The number of nitrogens with zero attached hydrogens (tertiary/aromatic N) is 1. The molecule has 184 valence electrons. The minimum atomic E-state index is -0.560. The van der Waals surface area contributed by atoms with Gasteiger partial charge in [0, 0.05) is 11.1 Å². The first-order valence-electron chi connectivity index (χ1n) is 12.0. The molecule has 1 N–H and O–H groups in total. The number of imide groups is 2. The lowest BCUT2D eigenvalue weighted by molar-refractivity contribution is 0.0874. The van der Waals surface area contributed by atoms with E-state index in [-0.39, 0.29) is 33.4 Å². The van der Waals surface area contributed by atoms with Crippen molar-refractivity contribution in [2.45, 2.75) is 13.3 Å². The minimum absolute atomic E-state index is 0.130. The van der Waals surface area contributed by atoms with Gasteiger partial charge in [0.2, 0.25) is 0 Å². The molecular formula is C31H20N2O5. The Labute approximate surface area is 217 Å². The van der Waals surface area contributed by atoms with Crippen molar-refractivity contribution < 1.29 is 24.0 Å². The highest BCUT2D eigenvalue weighted by Crippen LogP contribution is 2.30. The first-order valence-corrected chi connectivity index (χ1v) is 12.0. The van der Waals surface area contributed by atoms with Crippen LogP contribution in [-0.2, 0) is 6.42 Å². The van der Waals surface area contributed by atoms with Crippen LogP contribution in [0.25, 0.3) is 0 Å². The molecule has 2 heterocycles. The predicted octanol–water partition coefficient (Wildman–Crippen LogP) is 4.50. The topological polar surface area (TPSA) is 101 Å². The van der Waals surface area contributed by atoms with E-state index in [0.717, 1.165) is 22.4 Å². The second-order valence-electron chi connectivity index (χ2n) is 9.41. The summed E-state index contributed by atoms with van der Waals surface area (Å²) in [5.74, 6) is -2.46. The van der Waals surface area contributed by atoms with E-state index in [4.69, 9.17) is 0 Å². The minimum Gasteiger partial charge on any atom is -0.289 e. The Morgan fingerprint density at radius 3 is 1.82 bits per heavy atom. The third-order valence-electron chi connectivity index (χ3n) is 6.87. The summed E-state index contributed by atoms with van der Waals surface area (Å²) in [6.07, 6.45) is 0.729. The number of anilines is 1. The first kappa shape index (κ1) is 23.2. The van der Waals surface area contributed by atoms with Crippen LogP contribution >= 0.6 is 0 Å². The highest BCUT2D eigenvalue weighted by molar-refractivity contribution is 6.35. The van der Waals surface area contributed by atoms with Crippen molar-refractivity contribution in [1.29, 1.82) is 0 Å². The zero-order chi connectivity index (χ0) is 26.6. The van der Waals surface area contributed by atoms with Crippen LogP contribution in [0, 0.1) is 6.92 Å². The zero-order valence-electron chi connectivity index (χ0n) is 20.3. The third-order valence-corrected chi connectivity index (χ3v) is 6.87. The molecule has 0 saturated carbocycles. The van der Waals surface area contributed by atoms with Gasteiger partial charge in [0.15, 0.2) is 5.78 Å². The number of fused-ring (bicyclic) bond motifs is 2. The Bertz CT molecular complexity index is 1700. The van der Waals surface area contributed by atoms with Gasteiger partial charge in [0.05, 0.1) is 27.9 Å². The summed E-state index contributed by atoms with van der Waals surface area (Å²) in [7, 11) is 0. The Hall–Kier alpha value is -5.17. The van der Waals surface area contributed by atoms with E-state index >= 15 is 0 Å². The maximum absolute atomic E-state index is 13.3. The monoisotopic (exact) mass is 500 g/mol. The van der Waals surface area contributed by atoms with Crippen LogP contribution in [-0.4, -0.2) is 29.4 Å². The van der Waals surface area contributed by atoms with Gasteiger partial charge in [-0.3, -0.25) is 29.3 Å². The summed E-state index contributed by atoms with van der Waals surface area (Å²) in [5.41, 5.74) is 4.95. The predicted molar refractivity (Wildman–Crippen MR) is 140 cm³/mol. The normalized spacial score (nSPS) is 14.0. The molecule has 4 aromatic carbocycles. The average Bonchev–Trinajstić information content (AvgIpc) is 3.36. The van der Waals surface area contributed by atoms with Crippen molar-refractivity contribution >= 4 is 35.1 Å². The molecule has 4 aromatic rings. The van der Waals surface area contributed by atoms with Gasteiger partial charge in [-0.15, -0.1) is 0 Å². The molecule has 0 atom stereocenters. The van der Waals surface area contributed by atoms with Gasteiger partial charge < -0.3 is 0 Å². The van der Waals surface area contributed by atoms with E-state index in [1.165, 1.54) is 42.0 Å². The Balaban J connectivity index is 1.25. The first-order chi connectivity index (χ1) is 18.3. The molecule has 0 bridgehead atoms. The second-order valence-corrected chi connectivity index (χ2v) is 9.41. The van der Waals surface area contributed by atoms with E-state index < -0.39 is 29.4 Å². The molecule has 4 amide bonds. The molecule has 2 aliphatic rings. The van der Waals surface area contributed by atoms with Crippen LogP contribution in [0.3, 0.4) is 0 Å². The summed E-state index contributed by atoms with van der Waals surface area (Å²) < 4.78 is 0. The Morgan fingerprint density at radius 1 is 0.632 bits per heavy atom. The molecule has 7 nitrogen and oxygen atoms in total. The van der Waals surface area contributed by atoms with Crippen molar-refractivity contribution in [3.63, 3.8) is 0 Å². The largest absolute Gasteiger partial charge is 0.289 e. The van der Waals surface area contributed by atoms with Gasteiger partial charge in [-0.2, -0.15) is 0 Å². The molecular weight excluding hydrogens is 480 g/mol. The number of benzene rings is 4. The van der Waals surface area contributed by atoms with Crippen LogP contribution in [0.1, 0.15) is 74.0 Å². The smallest absolute Gasteiger partial charge is 0.266 e. The highest BCUT2D eigenvalue weighted by Gasteiger charge is 2.37. The lowest BCUT2D eigenvalue weighted by Crippen LogP contribution is -2.29. The molecule has 0 aliphatic carbocycles. The Morgan fingerprint density at radius 2 is 1.16 bits per heavy atom. The number of rotatable bonds is 5. The van der Waals surface area contributed by atoms with Crippen molar-refractivity contribution in [2.75, 3.05) is 4.90 Å². The fourth-order valence-corrected chi connectivity index (χ4v) is 4.80. The summed E-state index contributed by atoms with van der Waals surface area (Å²) in [6, 6.07) is 24.1. The van der Waals surface area contributed by atoms with E-state index in [0.29, 0.717) is 5.69 Å². The fraction of sp³-hybridized carbons (Fsp3) is 0.0645. The van der Waals surface area contributed by atoms with Crippen LogP contribution in [0.2, 0.25) is 0 Å². The van der Waals surface area contributed by atoms with E-state index in [1.807, 2.05) is 19.1 Å². The molecule has 0 unspecified atom stereocenters. The summed E-state index contributed by atoms with van der Waals surface area (Å²) in [4.78, 5) is 64.4. The molecule has 0 fully saturated rings. The van der Waals surface area contributed by atoms with Gasteiger partial charge in [0.25, 0.3) is 23.6 Å². The van der Waals surface area contributed by atoms with Crippen molar-refractivity contribution in [3.05, 3.63) is 135 Å². The van der Waals surface area contributed by atoms with E-state index in [9.17, 15) is 24.0 Å². The van der Waals surface area contributed by atoms with Crippen molar-refractivity contribution in [3.8, 4) is 0 Å². The van der Waals surface area contributed by atoms with Crippen molar-refractivity contribution in [2.24, 2.45) is 0 Å². The zero-order valence-corrected chi connectivity index (χ0v) is 20.3. The number of amides is 4. The maximum Gasteiger partial charge on any atom is 0.266 e. The van der Waals surface area contributed by atoms with Crippen LogP contribution in [0.5, 0.6) is 0 Å². The van der Waals surface area contributed by atoms with Gasteiger partial charge in [-0.05, 0) is 60.9 Å². The fourth-order valence-electron chi connectivity index (χ4n) is 4.80. The van der Waals surface area contributed by atoms with Crippen LogP contribution < -0.4 is 10.2 Å². The summed E-state index contributed by atoms with van der Waals surface area (Å²) >= 11 is 0. The van der Waals surface area contributed by atoms with E-state index in [2.05, 4.69) is 29.6 Å². The number of nitrogens with one attached hydrogen (secondary N) is 1. The number of hydrogen-bond donors (Lipinski definition) is 1. The van der Waals surface area contributed by atoms with Crippen molar-refractivity contribution in [1.82, 2.24) is 5.32 Å². The lowest BCUT2D eigenvalue weighted by atomic mass is 9.96. The quantitative estimate of drug-likeness (QED) is 0.321. The lowest BCUT2D eigenvalue weighted by Gasteiger charge is -2.14. The SMILES string of the molecule is Cc1ccc(Cc2ccc(N3C(=O)c4ccc(C(=O)c5ccc6c(c5)C(=O)NC6=O)cc4C3=O)cc2)cc1. The molecule has 2 aliphatic heterocycles. The summed E-state index contributed by atoms with van der Waals surface area (Å²) in [5, 5.41) is 2.19. The van der Waals surface area contributed by atoms with E-state index in [1.54, 1.807) is 12.1 Å². The molecule has 7 heteroatoms. The standard InChI is InChI=1S/C31H20N2O5/c1-17-2-4-18(5-3-17)14-19-6-10-22(11-7-19)33-30(37)24-13-9-21(16-26(24)31(33)38)27(34)20-8-12-23-25(15-20)29(36)32-28(23)35/h2-13,15-16H,14H2,1H3,(H,32,35,36). The number of ketones is 1. The molecule has 0 saturated heterocycles. The number of hydrogen-bond acceptors (Lipinski definition) is 5. The molecule has 0 radical (unpaired) electrons. The van der Waals surface area contributed by atoms with Gasteiger partial charge in [-0.1, -0.05) is 54.1 Å². The number of aryl methyl sites for hydroxylation is 1.